The Morgan fingerprint density at radius 1 is 0.677 bits per heavy atom. The van der Waals surface area contributed by atoms with Gasteiger partial charge in [-0.1, -0.05) is 137 Å². The van der Waals surface area contributed by atoms with Gasteiger partial charge in [0.2, 0.25) is 0 Å². The SMILES string of the molecule is CCCCC/C=C\C\C=C/C=C/C=C/[C@@H](SC[C@H](N)C(=O)O[C@H](COC(=O)CCC/C=C\C/C=C\C/C=C\C/C=C\CCCCC)COP(=O)(O)OC[C@@H](O)CO)[C@@H](O)CCCC(=O)O. The molecule has 65 heavy (non-hydrogen) atoms. The Kier molecular flexibility index (Phi) is 41.0. The highest BCUT2D eigenvalue weighted by Gasteiger charge is 2.29. The number of phosphoric acid groups is 1. The van der Waals surface area contributed by atoms with Crippen LogP contribution in [0.5, 0.6) is 0 Å². The van der Waals surface area contributed by atoms with Crippen LogP contribution in [0.15, 0.2) is 97.2 Å². The van der Waals surface area contributed by atoms with E-state index in [1.165, 1.54) is 38.5 Å². The number of carbonyl (C=O) groups excluding carboxylic acids is 2. The number of phosphoric ester groups is 1. The van der Waals surface area contributed by atoms with E-state index in [4.69, 9.17) is 29.9 Å². The fourth-order valence-corrected chi connectivity index (χ4v) is 7.38. The predicted octanol–water partition coefficient (Wildman–Crippen LogP) is 9.31. The number of aliphatic hydroxyl groups is 3. The first-order chi connectivity index (χ1) is 31.3. The van der Waals surface area contributed by atoms with Crippen molar-refractivity contribution in [2.45, 2.75) is 159 Å². The summed E-state index contributed by atoms with van der Waals surface area (Å²) >= 11 is 1.16. The molecule has 0 spiro atoms. The number of hydrogen-bond acceptors (Lipinski definition) is 13. The second-order valence-electron chi connectivity index (χ2n) is 15.3. The number of carboxylic acids is 1. The second kappa shape index (κ2) is 43.2. The Morgan fingerprint density at radius 3 is 1.78 bits per heavy atom. The first-order valence-corrected chi connectivity index (χ1v) is 25.7. The van der Waals surface area contributed by atoms with E-state index in [-0.39, 0.29) is 31.4 Å². The van der Waals surface area contributed by atoms with E-state index >= 15 is 0 Å². The summed E-state index contributed by atoms with van der Waals surface area (Å²) in [5.41, 5.74) is 6.18. The number of carbonyl (C=O) groups is 3. The van der Waals surface area contributed by atoms with E-state index in [2.05, 4.69) is 67.0 Å². The minimum Gasteiger partial charge on any atom is -0.481 e. The van der Waals surface area contributed by atoms with Gasteiger partial charge in [-0.05, 0) is 77.0 Å². The topological polar surface area (TPSA) is 232 Å². The Morgan fingerprint density at radius 2 is 1.22 bits per heavy atom. The molecule has 0 aliphatic rings. The van der Waals surface area contributed by atoms with E-state index in [0.29, 0.717) is 12.8 Å². The molecule has 0 amide bonds. The molecule has 0 aliphatic heterocycles. The number of aliphatic carboxylic acids is 1. The van der Waals surface area contributed by atoms with Crippen LogP contribution in [0.2, 0.25) is 0 Å². The smallest absolute Gasteiger partial charge is 0.472 e. The molecule has 0 fully saturated rings. The third kappa shape index (κ3) is 40.6. The fraction of sp³-hybridized carbons (Fsp3) is 0.612. The zero-order chi connectivity index (χ0) is 48.2. The Hall–Kier alpha value is -3.37. The lowest BCUT2D eigenvalue weighted by atomic mass is 10.1. The molecule has 1 unspecified atom stereocenters. The zero-order valence-corrected chi connectivity index (χ0v) is 40.5. The second-order valence-corrected chi connectivity index (χ2v) is 17.9. The number of ether oxygens (including phenoxy) is 2. The van der Waals surface area contributed by atoms with Crippen LogP contribution < -0.4 is 5.73 Å². The molecule has 0 aromatic rings. The van der Waals surface area contributed by atoms with E-state index in [1.54, 1.807) is 18.2 Å². The van der Waals surface area contributed by atoms with Crippen LogP contribution in [0.4, 0.5) is 0 Å². The summed E-state index contributed by atoms with van der Waals surface area (Å²) < 4.78 is 32.8. The van der Waals surface area contributed by atoms with Crippen LogP contribution in [-0.2, 0) is 37.5 Å². The summed E-state index contributed by atoms with van der Waals surface area (Å²) in [4.78, 5) is 46.9. The maximum Gasteiger partial charge on any atom is 0.472 e. The van der Waals surface area contributed by atoms with Gasteiger partial charge in [0.1, 0.15) is 18.8 Å². The van der Waals surface area contributed by atoms with Crippen LogP contribution in [0.25, 0.3) is 0 Å². The van der Waals surface area contributed by atoms with Crippen molar-refractivity contribution in [3.8, 4) is 0 Å². The van der Waals surface area contributed by atoms with Gasteiger partial charge in [0.25, 0.3) is 0 Å². The van der Waals surface area contributed by atoms with E-state index in [0.717, 1.165) is 50.3 Å². The van der Waals surface area contributed by atoms with Gasteiger partial charge in [0.15, 0.2) is 6.10 Å². The Balaban J connectivity index is 5.28. The molecule has 0 radical (unpaired) electrons. The minimum absolute atomic E-state index is 0.0382. The third-order valence-corrected chi connectivity index (χ3v) is 11.6. The number of hydrogen-bond donors (Lipinski definition) is 6. The lowest BCUT2D eigenvalue weighted by Gasteiger charge is -2.23. The van der Waals surface area contributed by atoms with Gasteiger partial charge in [-0.2, -0.15) is 0 Å². The van der Waals surface area contributed by atoms with Crippen molar-refractivity contribution in [3.05, 3.63) is 97.2 Å². The number of thioether (sulfide) groups is 1. The summed E-state index contributed by atoms with van der Waals surface area (Å²) in [5, 5.41) is 37.9. The predicted molar refractivity (Wildman–Crippen MR) is 261 cm³/mol. The lowest BCUT2D eigenvalue weighted by molar-refractivity contribution is -0.161. The van der Waals surface area contributed by atoms with E-state index in [1.807, 2.05) is 30.4 Å². The Bertz CT molecular complexity index is 1530. The molecule has 0 aromatic heterocycles. The third-order valence-electron chi connectivity index (χ3n) is 9.21. The van der Waals surface area contributed by atoms with Crippen molar-refractivity contribution < 1.29 is 62.8 Å². The van der Waals surface area contributed by atoms with Gasteiger partial charge in [0, 0.05) is 23.8 Å². The molecule has 0 aliphatic carbocycles. The standard InChI is InChI=1S/C49H80NO13PS/c1-3-5-7-9-11-13-15-17-18-19-20-21-23-25-27-29-31-36-48(56)60-39-43(40-62-64(58,59)61-38-42(52)37-51)63-49(57)44(50)41-65-46(45(53)33-32-35-47(54)55)34-30-28-26-24-22-16-14-12-10-8-6-4-2/h11-14,17-18,20-22,24-28,30,34,42-46,51-53H,3-10,15-16,19,23,29,31-33,35-41,50H2,1-2H3,(H,54,55)(H,58,59)/b13-11-,14-12-,18-17-,21-20-,24-22-,27-25-,28-26+,34-30+/t42-,43+,44-,45-,46+/m0/s1. The molecule has 14 nitrogen and oxygen atoms in total. The van der Waals surface area contributed by atoms with Crippen molar-refractivity contribution in [1.29, 1.82) is 0 Å². The number of aliphatic hydroxyl groups excluding tert-OH is 3. The van der Waals surface area contributed by atoms with Crippen LogP contribution in [0.3, 0.4) is 0 Å². The largest absolute Gasteiger partial charge is 0.481 e. The highest BCUT2D eigenvalue weighted by molar-refractivity contribution is 8.00. The first-order valence-electron chi connectivity index (χ1n) is 23.1. The van der Waals surface area contributed by atoms with Crippen molar-refractivity contribution in [1.82, 2.24) is 0 Å². The van der Waals surface area contributed by atoms with Gasteiger partial charge in [-0.15, -0.1) is 11.8 Å². The Labute approximate surface area is 393 Å². The van der Waals surface area contributed by atoms with Crippen molar-refractivity contribution in [2.24, 2.45) is 5.73 Å². The molecule has 16 heteroatoms. The van der Waals surface area contributed by atoms with Crippen molar-refractivity contribution in [3.63, 3.8) is 0 Å². The van der Waals surface area contributed by atoms with Crippen LogP contribution in [0.1, 0.15) is 129 Å². The lowest BCUT2D eigenvalue weighted by Crippen LogP contribution is -2.40. The molecular weight excluding hydrogens is 874 g/mol. The number of carboxylic acid groups (broad SMARTS) is 1. The summed E-state index contributed by atoms with van der Waals surface area (Å²) in [6.07, 6.45) is 42.8. The van der Waals surface area contributed by atoms with E-state index < -0.39 is 81.8 Å². The number of unbranched alkanes of at least 4 members (excludes halogenated alkanes) is 7. The van der Waals surface area contributed by atoms with Gasteiger partial charge >= 0.3 is 25.7 Å². The average molecular weight is 954 g/mol. The maximum atomic E-state index is 13.2. The molecule has 0 bridgehead atoms. The van der Waals surface area contributed by atoms with Gasteiger partial charge in [0.05, 0.1) is 25.9 Å². The average Bonchev–Trinajstić information content (AvgIpc) is 3.28. The molecule has 6 atom stereocenters. The number of esters is 2. The van der Waals surface area contributed by atoms with Crippen molar-refractivity contribution in [2.75, 3.05) is 32.2 Å². The molecule has 0 saturated carbocycles. The van der Waals surface area contributed by atoms with Gasteiger partial charge < -0.3 is 40.5 Å². The van der Waals surface area contributed by atoms with Crippen LogP contribution in [0, 0.1) is 0 Å². The molecule has 0 rings (SSSR count). The number of nitrogens with two attached hydrogens (primary N) is 1. The molecular formula is C49H80NO13PS. The maximum absolute atomic E-state index is 13.2. The molecule has 7 N–H and O–H groups in total. The zero-order valence-electron chi connectivity index (χ0n) is 38.8. The summed E-state index contributed by atoms with van der Waals surface area (Å²) in [6.45, 7) is 1.66. The van der Waals surface area contributed by atoms with Crippen LogP contribution in [-0.4, -0.2) is 105 Å². The monoisotopic (exact) mass is 954 g/mol. The molecule has 0 aromatic carbocycles. The fourth-order valence-electron chi connectivity index (χ4n) is 5.47. The summed E-state index contributed by atoms with van der Waals surface area (Å²) in [7, 11) is -4.80. The van der Waals surface area contributed by atoms with Crippen molar-refractivity contribution >= 4 is 37.5 Å². The number of rotatable bonds is 42. The van der Waals surface area contributed by atoms with Gasteiger partial charge in [-0.3, -0.25) is 23.4 Å². The quantitative estimate of drug-likeness (QED) is 0.0110. The molecule has 0 heterocycles. The number of allylic oxidation sites excluding steroid dienone is 15. The normalized spacial score (nSPS) is 15.9. The van der Waals surface area contributed by atoms with E-state index in [9.17, 15) is 34.1 Å². The highest BCUT2D eigenvalue weighted by Crippen LogP contribution is 2.43. The summed E-state index contributed by atoms with van der Waals surface area (Å²) in [6, 6.07) is -1.25. The van der Waals surface area contributed by atoms with Crippen LogP contribution >= 0.6 is 19.6 Å². The molecule has 0 saturated heterocycles. The minimum atomic E-state index is -4.80. The van der Waals surface area contributed by atoms with Gasteiger partial charge in [-0.25, -0.2) is 4.57 Å². The summed E-state index contributed by atoms with van der Waals surface area (Å²) in [5.74, 6) is -2.56. The first kappa shape index (κ1) is 61.6. The highest BCUT2D eigenvalue weighted by atomic mass is 32.2. The molecule has 370 valence electrons.